The third kappa shape index (κ3) is 3.84. The van der Waals surface area contributed by atoms with Crippen LogP contribution in [0, 0.1) is 0 Å². The van der Waals surface area contributed by atoms with Gasteiger partial charge in [0, 0.05) is 17.7 Å². The molecule has 5 heteroatoms. The van der Waals surface area contributed by atoms with Gasteiger partial charge in [0.25, 0.3) is 5.91 Å². The van der Waals surface area contributed by atoms with Gasteiger partial charge < -0.3 is 19.1 Å². The first-order chi connectivity index (χ1) is 13.6. The number of likely N-dealkylation sites (tertiary alicyclic amines) is 1. The number of nitrogens with zero attached hydrogens (tertiary/aromatic N) is 1. The van der Waals surface area contributed by atoms with Gasteiger partial charge >= 0.3 is 0 Å². The number of carbonyl (C=O) groups is 1. The van der Waals surface area contributed by atoms with Gasteiger partial charge in [0.2, 0.25) is 0 Å². The monoisotopic (exact) mass is 381 g/mol. The Morgan fingerprint density at radius 1 is 1.14 bits per heavy atom. The van der Waals surface area contributed by atoms with E-state index in [1.54, 1.807) is 33.5 Å². The van der Waals surface area contributed by atoms with Crippen LogP contribution < -0.4 is 14.2 Å². The van der Waals surface area contributed by atoms with Crippen molar-refractivity contribution in [2.24, 2.45) is 0 Å². The number of carbonyl (C=O) groups excluding carboxylic acids is 1. The van der Waals surface area contributed by atoms with E-state index < -0.39 is 0 Å². The molecule has 5 nitrogen and oxygen atoms in total. The van der Waals surface area contributed by atoms with E-state index in [0.717, 1.165) is 36.3 Å². The maximum Gasteiger partial charge on any atom is 0.254 e. The highest BCUT2D eigenvalue weighted by Gasteiger charge is 2.31. The molecule has 1 saturated heterocycles. The third-order valence-corrected chi connectivity index (χ3v) is 5.18. The zero-order valence-electron chi connectivity index (χ0n) is 16.7. The first-order valence-electron chi connectivity index (χ1n) is 9.43. The van der Waals surface area contributed by atoms with Crippen LogP contribution >= 0.6 is 0 Å². The molecule has 1 aliphatic rings. The Kier molecular flexibility index (Phi) is 6.24. The fourth-order valence-corrected chi connectivity index (χ4v) is 3.82. The second-order valence-corrected chi connectivity index (χ2v) is 6.79. The molecule has 1 atom stereocenters. The van der Waals surface area contributed by atoms with E-state index in [1.165, 1.54) is 0 Å². The molecule has 28 heavy (non-hydrogen) atoms. The molecule has 1 aliphatic heterocycles. The van der Waals surface area contributed by atoms with Gasteiger partial charge in [-0.15, -0.1) is 6.58 Å². The van der Waals surface area contributed by atoms with E-state index in [-0.39, 0.29) is 11.9 Å². The van der Waals surface area contributed by atoms with Gasteiger partial charge in [0.15, 0.2) is 11.5 Å². The summed E-state index contributed by atoms with van der Waals surface area (Å²) >= 11 is 0. The van der Waals surface area contributed by atoms with E-state index in [1.807, 2.05) is 35.2 Å². The minimum Gasteiger partial charge on any atom is -0.497 e. The van der Waals surface area contributed by atoms with Gasteiger partial charge in [-0.1, -0.05) is 18.2 Å². The van der Waals surface area contributed by atoms with Gasteiger partial charge in [-0.3, -0.25) is 4.79 Å². The summed E-state index contributed by atoms with van der Waals surface area (Å²) in [6.07, 6.45) is 4.32. The van der Waals surface area contributed by atoms with Gasteiger partial charge in [0.05, 0.1) is 27.4 Å². The highest BCUT2D eigenvalue weighted by molar-refractivity contribution is 5.95. The zero-order chi connectivity index (χ0) is 20.1. The molecule has 2 aromatic rings. The molecule has 0 saturated carbocycles. The predicted octanol–water partition coefficient (Wildman–Crippen LogP) is 4.42. The lowest BCUT2D eigenvalue weighted by atomic mass is 10.0. The molecular weight excluding hydrogens is 354 g/mol. The van der Waals surface area contributed by atoms with Crippen LogP contribution in [0.5, 0.6) is 17.2 Å². The number of benzene rings is 2. The van der Waals surface area contributed by atoms with Crippen molar-refractivity contribution in [1.82, 2.24) is 4.90 Å². The van der Waals surface area contributed by atoms with Crippen LogP contribution in [0.25, 0.3) is 0 Å². The molecule has 2 aromatic carbocycles. The number of methoxy groups -OCH3 is 3. The summed E-state index contributed by atoms with van der Waals surface area (Å²) in [7, 11) is 4.84. The van der Waals surface area contributed by atoms with Crippen molar-refractivity contribution in [3.05, 3.63) is 65.7 Å². The fraction of sp³-hybridized carbons (Fsp3) is 0.348. The summed E-state index contributed by atoms with van der Waals surface area (Å²) in [5.41, 5.74) is 2.62. The average Bonchev–Trinajstić information content (AvgIpc) is 3.22. The van der Waals surface area contributed by atoms with Gasteiger partial charge in [-0.25, -0.2) is 0 Å². The minimum atomic E-state index is 0.00424. The second-order valence-electron chi connectivity index (χ2n) is 6.79. The number of ether oxygens (including phenoxy) is 3. The molecule has 0 bridgehead atoms. The van der Waals surface area contributed by atoms with Crippen LogP contribution in [-0.4, -0.2) is 38.7 Å². The molecule has 0 aliphatic carbocycles. The van der Waals surface area contributed by atoms with Crippen LogP contribution in [0.3, 0.4) is 0 Å². The van der Waals surface area contributed by atoms with Gasteiger partial charge in [0.1, 0.15) is 5.75 Å². The summed E-state index contributed by atoms with van der Waals surface area (Å²) in [5.74, 6) is 2.02. The van der Waals surface area contributed by atoms with Crippen molar-refractivity contribution in [3.8, 4) is 17.2 Å². The van der Waals surface area contributed by atoms with Crippen LogP contribution in [0.2, 0.25) is 0 Å². The third-order valence-electron chi connectivity index (χ3n) is 5.18. The smallest absolute Gasteiger partial charge is 0.254 e. The van der Waals surface area contributed by atoms with Crippen LogP contribution in [0.1, 0.15) is 40.4 Å². The average molecular weight is 381 g/mol. The van der Waals surface area contributed by atoms with Gasteiger partial charge in [-0.05, 0) is 49.1 Å². The number of allylic oxidation sites excluding steroid dienone is 1. The maximum atomic E-state index is 13.4. The van der Waals surface area contributed by atoms with Crippen molar-refractivity contribution in [2.75, 3.05) is 27.9 Å². The quantitative estimate of drug-likeness (QED) is 0.666. The van der Waals surface area contributed by atoms with Crippen molar-refractivity contribution < 1.29 is 19.0 Å². The molecule has 1 amide bonds. The summed E-state index contributed by atoms with van der Waals surface area (Å²) in [6, 6.07) is 11.7. The molecule has 0 radical (unpaired) electrons. The van der Waals surface area contributed by atoms with E-state index in [0.29, 0.717) is 23.5 Å². The first kappa shape index (κ1) is 19.8. The molecule has 3 rings (SSSR count). The van der Waals surface area contributed by atoms with E-state index in [9.17, 15) is 4.79 Å². The molecule has 0 aromatic heterocycles. The zero-order valence-corrected chi connectivity index (χ0v) is 16.7. The molecule has 0 unspecified atom stereocenters. The van der Waals surface area contributed by atoms with E-state index in [2.05, 4.69) is 6.58 Å². The molecule has 0 spiro atoms. The van der Waals surface area contributed by atoms with Crippen LogP contribution in [0.4, 0.5) is 0 Å². The summed E-state index contributed by atoms with van der Waals surface area (Å²) in [6.45, 7) is 4.54. The van der Waals surface area contributed by atoms with Crippen molar-refractivity contribution in [2.45, 2.75) is 25.3 Å². The van der Waals surface area contributed by atoms with E-state index in [4.69, 9.17) is 14.2 Å². The number of hydrogen-bond donors (Lipinski definition) is 0. The normalized spacial score (nSPS) is 16.0. The summed E-state index contributed by atoms with van der Waals surface area (Å²) < 4.78 is 16.2. The minimum absolute atomic E-state index is 0.00424. The topological polar surface area (TPSA) is 48.0 Å². The largest absolute Gasteiger partial charge is 0.497 e. The Hall–Kier alpha value is -2.95. The van der Waals surface area contributed by atoms with E-state index >= 15 is 0 Å². The highest BCUT2D eigenvalue weighted by atomic mass is 16.5. The Morgan fingerprint density at radius 3 is 2.50 bits per heavy atom. The molecule has 1 fully saturated rings. The van der Waals surface area contributed by atoms with Crippen LogP contribution in [-0.2, 0) is 6.42 Å². The summed E-state index contributed by atoms with van der Waals surface area (Å²) in [4.78, 5) is 15.3. The SMILES string of the molecule is C=CCc1cc(C(=O)N2CCC[C@@H]2c2ccc(OC)cc2)cc(OC)c1OC. The number of hydrogen-bond acceptors (Lipinski definition) is 4. The highest BCUT2D eigenvalue weighted by Crippen LogP contribution is 2.37. The Labute approximate surface area is 166 Å². The van der Waals surface area contributed by atoms with Crippen LogP contribution in [0.15, 0.2) is 49.1 Å². The summed E-state index contributed by atoms with van der Waals surface area (Å²) in [5, 5.41) is 0. The Morgan fingerprint density at radius 2 is 1.89 bits per heavy atom. The standard InChI is InChI=1S/C23H27NO4/c1-5-7-17-14-18(15-21(27-3)22(17)28-4)23(25)24-13-6-8-20(24)16-9-11-19(26-2)12-10-16/h5,9-12,14-15,20H,1,6-8,13H2,2-4H3/t20-/m1/s1. The van der Waals surface area contributed by atoms with Gasteiger partial charge in [-0.2, -0.15) is 0 Å². The first-order valence-corrected chi connectivity index (χ1v) is 9.43. The lowest BCUT2D eigenvalue weighted by Crippen LogP contribution is -2.30. The van der Waals surface area contributed by atoms with Crippen molar-refractivity contribution >= 4 is 5.91 Å². The lowest BCUT2D eigenvalue weighted by molar-refractivity contribution is 0.0735. The second kappa shape index (κ2) is 8.83. The Balaban J connectivity index is 1.93. The Bertz CT molecular complexity index is 844. The van der Waals surface area contributed by atoms with Crippen molar-refractivity contribution in [3.63, 3.8) is 0 Å². The predicted molar refractivity (Wildman–Crippen MR) is 109 cm³/mol. The number of rotatable bonds is 7. The molecular formula is C23H27NO4. The fourth-order valence-electron chi connectivity index (χ4n) is 3.82. The van der Waals surface area contributed by atoms with Crippen molar-refractivity contribution in [1.29, 1.82) is 0 Å². The number of amides is 1. The molecule has 148 valence electrons. The maximum absolute atomic E-state index is 13.4. The molecule has 0 N–H and O–H groups in total. The lowest BCUT2D eigenvalue weighted by Gasteiger charge is -2.26. The molecule has 1 heterocycles.